The Balaban J connectivity index is 1.81. The van der Waals surface area contributed by atoms with Crippen LogP contribution in [0.3, 0.4) is 0 Å². The Morgan fingerprint density at radius 2 is 1.70 bits per heavy atom. The highest BCUT2D eigenvalue weighted by molar-refractivity contribution is 7.89. The minimum Gasteiger partial charge on any atom is -0.378 e. The molecule has 1 atom stereocenters. The van der Waals surface area contributed by atoms with Gasteiger partial charge < -0.3 is 4.90 Å². The Bertz CT molecular complexity index is 863. The van der Waals surface area contributed by atoms with E-state index in [1.54, 1.807) is 0 Å². The molecule has 0 unspecified atom stereocenters. The minimum absolute atomic E-state index is 0.0785. The van der Waals surface area contributed by atoms with Crippen LogP contribution in [0, 0.1) is 5.82 Å². The van der Waals surface area contributed by atoms with E-state index in [-0.39, 0.29) is 17.5 Å². The summed E-state index contributed by atoms with van der Waals surface area (Å²) in [5.74, 6) is -0.738. The van der Waals surface area contributed by atoms with Crippen LogP contribution in [-0.2, 0) is 10.0 Å². The lowest BCUT2D eigenvalue weighted by Crippen LogP contribution is -2.37. The van der Waals surface area contributed by atoms with Crippen LogP contribution < -0.4 is 9.62 Å². The van der Waals surface area contributed by atoms with Gasteiger partial charge in [0.05, 0.1) is 0 Å². The predicted molar refractivity (Wildman–Crippen MR) is 106 cm³/mol. The molecule has 1 fully saturated rings. The van der Waals surface area contributed by atoms with E-state index in [0.29, 0.717) is 0 Å². The van der Waals surface area contributed by atoms with Crippen molar-refractivity contribution < 1.29 is 12.8 Å². The summed E-state index contributed by atoms with van der Waals surface area (Å²) in [7, 11) is 0.0582. The van der Waals surface area contributed by atoms with Gasteiger partial charge in [-0.2, -0.15) is 0 Å². The molecule has 3 rings (SSSR count). The Morgan fingerprint density at radius 3 is 2.30 bits per heavy atom. The number of nitrogens with one attached hydrogen (secondary N) is 1. The average Bonchev–Trinajstić information content (AvgIpc) is 3.17. The van der Waals surface area contributed by atoms with Crippen LogP contribution in [-0.4, -0.2) is 47.0 Å². The van der Waals surface area contributed by atoms with Gasteiger partial charge in [-0.3, -0.25) is 4.90 Å². The molecule has 2 aromatic rings. The van der Waals surface area contributed by atoms with Gasteiger partial charge in [-0.15, -0.1) is 0 Å². The molecule has 1 heterocycles. The van der Waals surface area contributed by atoms with Crippen molar-refractivity contribution in [2.75, 3.05) is 38.6 Å². The van der Waals surface area contributed by atoms with Gasteiger partial charge in [0, 0.05) is 32.4 Å². The first-order valence-electron chi connectivity index (χ1n) is 9.14. The van der Waals surface area contributed by atoms with Crippen molar-refractivity contribution in [2.24, 2.45) is 0 Å². The molecule has 27 heavy (non-hydrogen) atoms. The van der Waals surface area contributed by atoms with E-state index < -0.39 is 15.8 Å². The van der Waals surface area contributed by atoms with E-state index in [1.807, 2.05) is 43.3 Å². The van der Waals surface area contributed by atoms with Gasteiger partial charge in [-0.05, 0) is 55.8 Å². The number of sulfonamides is 1. The number of rotatable bonds is 7. The lowest BCUT2D eigenvalue weighted by Gasteiger charge is -2.28. The molecule has 0 bridgehead atoms. The molecule has 0 amide bonds. The average molecular weight is 392 g/mol. The van der Waals surface area contributed by atoms with Gasteiger partial charge in [0.25, 0.3) is 0 Å². The van der Waals surface area contributed by atoms with Gasteiger partial charge in [0.15, 0.2) is 0 Å². The summed E-state index contributed by atoms with van der Waals surface area (Å²) in [6, 6.07) is 13.5. The molecule has 0 aromatic heterocycles. The van der Waals surface area contributed by atoms with Gasteiger partial charge in [-0.1, -0.05) is 24.3 Å². The van der Waals surface area contributed by atoms with Crippen LogP contribution in [0.15, 0.2) is 53.4 Å². The van der Waals surface area contributed by atoms with E-state index in [2.05, 4.69) is 9.62 Å². The molecule has 2 aromatic carbocycles. The molecule has 0 aliphatic carbocycles. The number of likely N-dealkylation sites (tertiary alicyclic amines) is 1. The third-order valence-corrected chi connectivity index (χ3v) is 6.43. The molecular formula is C20H26FN3O2S. The van der Waals surface area contributed by atoms with Crippen molar-refractivity contribution in [1.29, 1.82) is 0 Å². The first-order valence-corrected chi connectivity index (χ1v) is 10.6. The quantitative estimate of drug-likeness (QED) is 0.788. The molecular weight excluding hydrogens is 365 g/mol. The highest BCUT2D eigenvalue weighted by Crippen LogP contribution is 2.27. The van der Waals surface area contributed by atoms with Crippen LogP contribution in [0.2, 0.25) is 0 Å². The second-order valence-electron chi connectivity index (χ2n) is 7.03. The molecule has 1 aliphatic heterocycles. The summed E-state index contributed by atoms with van der Waals surface area (Å²) in [6.07, 6.45) is 2.21. The van der Waals surface area contributed by atoms with Gasteiger partial charge in [0.2, 0.25) is 10.0 Å². The predicted octanol–water partition coefficient (Wildman–Crippen LogP) is 3.01. The standard InChI is InChI=1S/C20H26FN3O2S/c1-23(2)17-11-9-16(10-12-17)19(24-13-5-6-14-24)15-22-27(25,26)20-8-4-3-7-18(20)21/h3-4,7-12,19,22H,5-6,13-15H2,1-2H3/t19-/m1/s1. The van der Waals surface area contributed by atoms with Gasteiger partial charge in [-0.25, -0.2) is 17.5 Å². The van der Waals surface area contributed by atoms with Crippen molar-refractivity contribution in [3.63, 3.8) is 0 Å². The molecule has 5 nitrogen and oxygen atoms in total. The molecule has 7 heteroatoms. The first-order chi connectivity index (χ1) is 12.9. The summed E-state index contributed by atoms with van der Waals surface area (Å²) in [5.41, 5.74) is 2.14. The maximum atomic E-state index is 13.9. The highest BCUT2D eigenvalue weighted by Gasteiger charge is 2.26. The lowest BCUT2D eigenvalue weighted by molar-refractivity contribution is 0.246. The van der Waals surface area contributed by atoms with E-state index >= 15 is 0 Å². The summed E-state index contributed by atoms with van der Waals surface area (Å²) >= 11 is 0. The van der Waals surface area contributed by atoms with Crippen molar-refractivity contribution in [3.05, 3.63) is 59.9 Å². The third-order valence-electron chi connectivity index (χ3n) is 4.97. The van der Waals surface area contributed by atoms with E-state index in [9.17, 15) is 12.8 Å². The fourth-order valence-electron chi connectivity index (χ4n) is 3.43. The van der Waals surface area contributed by atoms with E-state index in [1.165, 1.54) is 18.2 Å². The zero-order chi connectivity index (χ0) is 19.4. The second kappa shape index (κ2) is 8.37. The SMILES string of the molecule is CN(C)c1ccc([C@@H](CNS(=O)(=O)c2ccccc2F)N2CCCC2)cc1. The van der Waals surface area contributed by atoms with Crippen molar-refractivity contribution in [1.82, 2.24) is 9.62 Å². The number of hydrogen-bond acceptors (Lipinski definition) is 4. The van der Waals surface area contributed by atoms with Gasteiger partial charge in [0.1, 0.15) is 10.7 Å². The molecule has 0 saturated carbocycles. The summed E-state index contributed by atoms with van der Waals surface area (Å²) < 4.78 is 41.7. The Morgan fingerprint density at radius 1 is 1.07 bits per heavy atom. The largest absolute Gasteiger partial charge is 0.378 e. The Kier molecular flexibility index (Phi) is 6.14. The fraction of sp³-hybridized carbons (Fsp3) is 0.400. The minimum atomic E-state index is -3.91. The lowest BCUT2D eigenvalue weighted by atomic mass is 10.1. The summed E-state index contributed by atoms with van der Waals surface area (Å²) in [4.78, 5) is 4.00. The van der Waals surface area contributed by atoms with Crippen LogP contribution in [0.25, 0.3) is 0 Å². The van der Waals surface area contributed by atoms with Crippen molar-refractivity contribution in [2.45, 2.75) is 23.8 Å². The zero-order valence-electron chi connectivity index (χ0n) is 15.7. The van der Waals surface area contributed by atoms with Crippen molar-refractivity contribution >= 4 is 15.7 Å². The molecule has 1 N–H and O–H groups in total. The Labute approximate surface area is 160 Å². The number of nitrogens with zero attached hydrogens (tertiary/aromatic N) is 2. The maximum absolute atomic E-state index is 13.9. The highest BCUT2D eigenvalue weighted by atomic mass is 32.2. The van der Waals surface area contributed by atoms with Gasteiger partial charge >= 0.3 is 0 Å². The van der Waals surface area contributed by atoms with E-state index in [0.717, 1.165) is 43.2 Å². The Hall–Kier alpha value is -1.96. The monoisotopic (exact) mass is 391 g/mol. The molecule has 146 valence electrons. The zero-order valence-corrected chi connectivity index (χ0v) is 16.5. The third kappa shape index (κ3) is 4.66. The smallest absolute Gasteiger partial charge is 0.243 e. The summed E-state index contributed by atoms with van der Waals surface area (Å²) in [5, 5.41) is 0. The topological polar surface area (TPSA) is 52.7 Å². The molecule has 0 spiro atoms. The van der Waals surface area contributed by atoms with Crippen molar-refractivity contribution in [3.8, 4) is 0 Å². The molecule has 1 saturated heterocycles. The van der Waals surface area contributed by atoms with Crippen LogP contribution >= 0.6 is 0 Å². The van der Waals surface area contributed by atoms with Crippen LogP contribution in [0.1, 0.15) is 24.4 Å². The number of halogens is 1. The van der Waals surface area contributed by atoms with E-state index in [4.69, 9.17) is 0 Å². The van der Waals surface area contributed by atoms with Crippen LogP contribution in [0.4, 0.5) is 10.1 Å². The maximum Gasteiger partial charge on any atom is 0.243 e. The fourth-order valence-corrected chi connectivity index (χ4v) is 4.55. The normalized spacial score (nSPS) is 16.4. The number of hydrogen-bond donors (Lipinski definition) is 1. The second-order valence-corrected chi connectivity index (χ2v) is 8.76. The van der Waals surface area contributed by atoms with Crippen LogP contribution in [0.5, 0.6) is 0 Å². The summed E-state index contributed by atoms with van der Waals surface area (Å²) in [6.45, 7) is 2.07. The number of anilines is 1. The number of benzene rings is 2. The molecule has 0 radical (unpaired) electrons. The first kappa shape index (κ1) is 19.8. The molecule has 1 aliphatic rings.